The van der Waals surface area contributed by atoms with Gasteiger partial charge in [0.05, 0.1) is 46.7 Å². The average Bonchev–Trinajstić information content (AvgIpc) is 1.57. The molecule has 10 heterocycles. The highest BCUT2D eigenvalue weighted by Crippen LogP contribution is 2.49. The number of allylic oxidation sites excluding steroid dienone is 1. The molecule has 0 saturated heterocycles. The molecule has 23 heteroatoms. The Hall–Kier alpha value is -10.8. The second-order valence-corrected chi connectivity index (χ2v) is 25.2. The minimum absolute atomic E-state index is 0. The summed E-state index contributed by atoms with van der Waals surface area (Å²) in [5.41, 5.74) is 21.6. The summed E-state index contributed by atoms with van der Waals surface area (Å²) in [5, 5.41) is 41.4. The summed E-state index contributed by atoms with van der Waals surface area (Å²) in [7, 11) is 0. The Kier molecular flexibility index (Phi) is 23.6. The topological polar surface area (TPSA) is 378 Å². The van der Waals surface area contributed by atoms with Gasteiger partial charge in [-0.3, -0.25) is 34.1 Å². The van der Waals surface area contributed by atoms with Crippen LogP contribution in [0.15, 0.2) is 49.6 Å². The number of hydrogen-bond acceptors (Lipinski definition) is 14. The highest BCUT2D eigenvalue weighted by Gasteiger charge is 2.41. The Labute approximate surface area is 572 Å². The van der Waals surface area contributed by atoms with Gasteiger partial charge in [0.15, 0.2) is 5.78 Å². The zero-order valence-electron chi connectivity index (χ0n) is 56.5. The van der Waals surface area contributed by atoms with Crippen LogP contribution in [0.4, 0.5) is 0 Å². The predicted octanol–water partition coefficient (Wildman–Crippen LogP) is 14.8. The molecule has 6 unspecified atom stereocenters. The molecule has 6 aromatic heterocycles. The molecule has 522 valence electrons. The van der Waals surface area contributed by atoms with Gasteiger partial charge in [0.2, 0.25) is 5.91 Å². The first-order valence-corrected chi connectivity index (χ1v) is 32.3. The summed E-state index contributed by atoms with van der Waals surface area (Å²) in [6.45, 7) is 32.9. The minimum atomic E-state index is -1.77. The molecule has 1 aliphatic carbocycles. The highest BCUT2D eigenvalue weighted by atomic mass is 16.4. The second kappa shape index (κ2) is 31.0. The van der Waals surface area contributed by atoms with E-state index in [9.17, 15) is 49.2 Å². The number of carbonyl (C=O) groups excluding carboxylic acids is 6. The Morgan fingerprint density at radius 3 is 1.63 bits per heavy atom. The van der Waals surface area contributed by atoms with E-state index in [4.69, 9.17) is 39.1 Å². The van der Waals surface area contributed by atoms with E-state index >= 15 is 0 Å². The van der Waals surface area contributed by atoms with Gasteiger partial charge in [-0.2, -0.15) is 19.2 Å². The fourth-order valence-corrected chi connectivity index (χ4v) is 14.5. The molecule has 0 saturated carbocycles. The summed E-state index contributed by atoms with van der Waals surface area (Å²) in [6, 6.07) is 10.4. The quantitative estimate of drug-likeness (QED) is 0.0434. The van der Waals surface area contributed by atoms with Gasteiger partial charge in [-0.25, -0.2) is 14.6 Å². The molecule has 9 N–H and O–H groups in total. The van der Waals surface area contributed by atoms with Crippen LogP contribution in [0.25, 0.3) is 67.4 Å². The van der Waals surface area contributed by atoms with Crippen LogP contribution in [0.3, 0.4) is 0 Å². The van der Waals surface area contributed by atoms with Crippen LogP contribution in [-0.4, -0.2) is 114 Å². The second-order valence-electron chi connectivity index (χ2n) is 25.2. The van der Waals surface area contributed by atoms with Crippen LogP contribution in [0, 0.1) is 27.7 Å². The monoisotopic (exact) mass is 1340 g/mol. The lowest BCUT2D eigenvalue weighted by atomic mass is 9.84. The van der Waals surface area contributed by atoms with Gasteiger partial charge in [-0.15, -0.1) is 0 Å². The molecule has 1 amide bonds. The zero-order valence-corrected chi connectivity index (χ0v) is 56.5. The maximum absolute atomic E-state index is 13.7. The van der Waals surface area contributed by atoms with E-state index < -0.39 is 60.5 Å². The average molecular weight is 1340 g/mol. The molecular weight excluding hydrogens is 1250 g/mol. The van der Waals surface area contributed by atoms with Crippen molar-refractivity contribution in [3.05, 3.63) is 151 Å². The number of carboxylic acid groups (broad SMARTS) is 4. The lowest BCUT2D eigenvalue weighted by molar-refractivity contribution is -0.193. The van der Waals surface area contributed by atoms with Crippen molar-refractivity contribution in [2.24, 2.45) is 0 Å². The van der Waals surface area contributed by atoms with Gasteiger partial charge in [0, 0.05) is 143 Å². The van der Waals surface area contributed by atoms with Crippen LogP contribution < -0.4 is 5.32 Å². The Morgan fingerprint density at radius 2 is 1.11 bits per heavy atom. The van der Waals surface area contributed by atoms with Crippen molar-refractivity contribution >= 4 is 115 Å². The molecule has 5 aliphatic rings. The first kappa shape index (κ1) is 74.6. The fourth-order valence-electron chi connectivity index (χ4n) is 14.5. The van der Waals surface area contributed by atoms with E-state index in [0.29, 0.717) is 40.7 Å². The van der Waals surface area contributed by atoms with Crippen LogP contribution >= 0.6 is 0 Å². The molecule has 23 nitrogen and oxygen atoms in total. The van der Waals surface area contributed by atoms with Crippen molar-refractivity contribution in [1.82, 2.24) is 45.2 Å². The van der Waals surface area contributed by atoms with Gasteiger partial charge in [0.1, 0.15) is 6.04 Å². The molecule has 16 bridgehead atoms. The van der Waals surface area contributed by atoms with Crippen molar-refractivity contribution in [3.63, 3.8) is 0 Å². The van der Waals surface area contributed by atoms with Crippen LogP contribution in [-0.2, 0) is 56.0 Å². The van der Waals surface area contributed by atoms with Crippen molar-refractivity contribution in [2.45, 2.75) is 189 Å². The summed E-state index contributed by atoms with van der Waals surface area (Å²) in [6.07, 6.45) is 6.29. The van der Waals surface area contributed by atoms with Crippen molar-refractivity contribution in [1.29, 1.82) is 0 Å². The number of aryl methyl sites for hydroxylation is 5. The largest absolute Gasteiger partial charge is 0.481 e. The summed E-state index contributed by atoms with van der Waals surface area (Å²) in [5.74, 6) is -6.15. The number of amides is 1. The number of aliphatic carboxylic acids is 4. The van der Waals surface area contributed by atoms with Gasteiger partial charge in [-0.1, -0.05) is 87.6 Å². The van der Waals surface area contributed by atoms with E-state index in [1.165, 1.54) is 5.56 Å². The number of fused-ring (bicyclic) bond motifs is 16. The van der Waals surface area contributed by atoms with Crippen molar-refractivity contribution < 1.29 is 74.1 Å². The summed E-state index contributed by atoms with van der Waals surface area (Å²) >= 11 is 0. The number of Topliss-reactive ketones (excluding diaryl/α,β-unsaturated/α-hetero) is 1. The Bertz CT molecular complexity index is 4730. The molecule has 0 radical (unpaired) electrons. The Balaban J connectivity index is 0.000000483. The molecule has 0 aromatic carbocycles. The maximum Gasteiger partial charge on any atom is 0.373 e. The van der Waals surface area contributed by atoms with Crippen molar-refractivity contribution in [2.75, 3.05) is 0 Å². The molecule has 6 aromatic rings. The van der Waals surface area contributed by atoms with Gasteiger partial charge < -0.3 is 45.7 Å². The number of nitrogens with zero attached hydrogens (tertiary/aromatic N) is 4. The number of aromatic amines is 4. The summed E-state index contributed by atoms with van der Waals surface area (Å²) in [4.78, 5) is 142. The minimum Gasteiger partial charge on any atom is -0.481 e. The van der Waals surface area contributed by atoms with E-state index in [1.807, 2.05) is 45.9 Å². The fraction of sp³-hybridized carbons (Fsp3) is 0.387. The van der Waals surface area contributed by atoms with Gasteiger partial charge >= 0.3 is 36.2 Å². The third-order valence-electron chi connectivity index (χ3n) is 19.7. The molecule has 0 spiro atoms. The first-order chi connectivity index (χ1) is 46.1. The standard InChI is InChI=1S/C38H41N5O9.C34H40N4O.2CO2.CH4.4H2/c1-7-20-16(3)24-12-26-18(5)22(9-10-32(45)46)35(42-26)23(11-31(44)41-30(37(49)50)15-33(47)48)36-34(38(51)52)19(6)27(43-36)14-29-21(8-2)17(4)25(40-29)13-28(20)39-24;1-9-12-23-18(6)26-13-24-16(4)21(10-2)28(35-24)14-25-17(5)22(11-3)29(36-25)15-27-19(7)31-33(38-27)30(32(23)37-26)20(8)34(31)39;2*2-1-3;;;;;/h7,12-14,18,22,30,39-40H,1,8-11,15H2,2-6H3,(H,41,44)(H,45,46)(H,47,48)(H,49,50)(H,51,52);10,13-15,17-18,20,22-23,35,38H,2,9,11-12H2,1,3-8H3;;;1H4;4*1H/t18?,22-,30-;;;;;;;;/m0......../s1. The predicted molar refractivity (Wildman–Crippen MR) is 380 cm³/mol. The molecule has 11 rings (SSSR count). The number of carbonyl (C=O) groups is 6. The SMILES string of the molecule is C.C=Cc1c(C)c2cc3nc(c(CC(=O)N[C@@H](CC(=O)O)C(=O)O)c4nc(cc5[nH]c(cc1[nH]2)c(C)c5CC)C(C)=C4C(=O)O)[C@@H](CCC(=O)O)C3C.C=Cc1c(C)c2cc3nc(c4c5[nH]c(cc6nc(cc1[nH]2)C(C)C6CC)c(C)c5C(=O)C4C)C(CCC)C3C.O=C=O.O=C=O.[HH].[HH].[HH].[HH]. The van der Waals surface area contributed by atoms with Gasteiger partial charge in [0.25, 0.3) is 0 Å². The third-order valence-corrected chi connectivity index (χ3v) is 19.7. The van der Waals surface area contributed by atoms with Crippen LogP contribution in [0.5, 0.6) is 0 Å². The number of hydrogen-bond donors (Lipinski definition) is 9. The Morgan fingerprint density at radius 1 is 0.612 bits per heavy atom. The maximum atomic E-state index is 13.7. The third kappa shape index (κ3) is 14.4. The van der Waals surface area contributed by atoms with E-state index in [-0.39, 0.29) is 84.3 Å². The lowest BCUT2D eigenvalue weighted by Gasteiger charge is -2.19. The van der Waals surface area contributed by atoms with Crippen molar-refractivity contribution in [3.8, 4) is 0 Å². The molecule has 8 atom stereocenters. The zero-order chi connectivity index (χ0) is 71.3. The molecule has 4 aliphatic heterocycles. The number of aromatic nitrogens is 8. The molecule has 0 fully saturated rings. The van der Waals surface area contributed by atoms with Crippen LogP contribution in [0.2, 0.25) is 0 Å². The molecular formula is C75H93N9O14. The number of rotatable bonds is 16. The number of H-pyrrole nitrogens is 4. The normalized spacial score (nSPS) is 18.2. The first-order valence-electron chi connectivity index (χ1n) is 32.3. The molecule has 98 heavy (non-hydrogen) atoms. The van der Waals surface area contributed by atoms with E-state index in [1.54, 1.807) is 19.1 Å². The van der Waals surface area contributed by atoms with E-state index in [2.05, 4.69) is 105 Å². The number of ketones is 1. The van der Waals surface area contributed by atoms with Gasteiger partial charge in [-0.05, 0) is 130 Å². The lowest BCUT2D eigenvalue weighted by Crippen LogP contribution is -2.43. The van der Waals surface area contributed by atoms with Crippen LogP contribution in [0.1, 0.15) is 254 Å². The van der Waals surface area contributed by atoms with E-state index in [0.717, 1.165) is 125 Å². The number of nitrogens with one attached hydrogen (secondary N) is 5. The number of carboxylic acids is 4. The smallest absolute Gasteiger partial charge is 0.373 e. The highest BCUT2D eigenvalue weighted by molar-refractivity contribution is 6.24. The summed E-state index contributed by atoms with van der Waals surface area (Å²) < 4.78 is 0.